The summed E-state index contributed by atoms with van der Waals surface area (Å²) in [7, 11) is -7.50. The highest BCUT2D eigenvalue weighted by atomic mass is 32.2. The molecule has 0 amide bonds. The summed E-state index contributed by atoms with van der Waals surface area (Å²) in [5.41, 5.74) is 5.04. The molecule has 0 bridgehead atoms. The van der Waals surface area contributed by atoms with Gasteiger partial charge in [0, 0.05) is 18.1 Å². The zero-order valence-corrected chi connectivity index (χ0v) is 14.2. The summed E-state index contributed by atoms with van der Waals surface area (Å²) in [6.07, 6.45) is 1.62. The predicted molar refractivity (Wildman–Crippen MR) is 83.2 cm³/mol. The van der Waals surface area contributed by atoms with Crippen molar-refractivity contribution in [2.45, 2.75) is 48.1 Å². The maximum atomic E-state index is 12.2. The van der Waals surface area contributed by atoms with Gasteiger partial charge in [0.15, 0.2) is 0 Å². The summed E-state index contributed by atoms with van der Waals surface area (Å²) < 4.78 is 53.6. The van der Waals surface area contributed by atoms with Crippen molar-refractivity contribution >= 4 is 20.0 Å². The van der Waals surface area contributed by atoms with Gasteiger partial charge < -0.3 is 5.73 Å². The Morgan fingerprint density at radius 1 is 1.14 bits per heavy atom. The average molecular weight is 347 g/mol. The van der Waals surface area contributed by atoms with Gasteiger partial charge in [-0.3, -0.25) is 0 Å². The third kappa shape index (κ3) is 4.75. The fourth-order valence-corrected chi connectivity index (χ4v) is 4.36. The van der Waals surface area contributed by atoms with E-state index in [0.29, 0.717) is 0 Å². The first-order valence-corrected chi connectivity index (χ1v) is 9.87. The Bertz CT molecular complexity index is 748. The molecule has 1 aromatic carbocycles. The van der Waals surface area contributed by atoms with Crippen LogP contribution in [-0.4, -0.2) is 35.0 Å². The number of hydrogen-bond donors (Lipinski definition) is 3. The monoisotopic (exact) mass is 347 g/mol. The van der Waals surface area contributed by atoms with E-state index >= 15 is 0 Å². The molecule has 0 radical (unpaired) electrons. The Labute approximate surface area is 131 Å². The highest BCUT2D eigenvalue weighted by Gasteiger charge is 2.28. The fourth-order valence-electron chi connectivity index (χ4n) is 1.66. The van der Waals surface area contributed by atoms with Crippen LogP contribution in [0.5, 0.6) is 0 Å². The normalized spacial score (nSPS) is 16.7. The molecule has 0 aliphatic heterocycles. The molecule has 9 heteroatoms. The van der Waals surface area contributed by atoms with Crippen LogP contribution in [0.1, 0.15) is 26.7 Å². The molecule has 0 saturated heterocycles. The van der Waals surface area contributed by atoms with E-state index in [9.17, 15) is 16.8 Å². The van der Waals surface area contributed by atoms with Crippen molar-refractivity contribution in [3.63, 3.8) is 0 Å². The number of rotatable bonds is 7. The summed E-state index contributed by atoms with van der Waals surface area (Å²) in [4.78, 5) is -0.162. The van der Waals surface area contributed by atoms with E-state index in [1.54, 1.807) is 13.8 Å². The van der Waals surface area contributed by atoms with Crippen LogP contribution in [-0.2, 0) is 20.0 Å². The van der Waals surface area contributed by atoms with Crippen LogP contribution in [0.25, 0.3) is 0 Å². The minimum atomic E-state index is -3.81. The molecule has 0 aromatic heterocycles. The van der Waals surface area contributed by atoms with Crippen molar-refractivity contribution in [1.29, 1.82) is 0 Å². The van der Waals surface area contributed by atoms with Gasteiger partial charge in [0.05, 0.1) is 9.79 Å². The van der Waals surface area contributed by atoms with Gasteiger partial charge >= 0.3 is 0 Å². The summed E-state index contributed by atoms with van der Waals surface area (Å²) in [5, 5.41) is 0. The van der Waals surface area contributed by atoms with Crippen LogP contribution < -0.4 is 15.2 Å². The molecule has 1 aliphatic carbocycles. The van der Waals surface area contributed by atoms with Crippen LogP contribution in [0.3, 0.4) is 0 Å². The summed E-state index contributed by atoms with van der Waals surface area (Å²) in [5.74, 6) is 0. The van der Waals surface area contributed by atoms with Gasteiger partial charge in [0.1, 0.15) is 0 Å². The van der Waals surface area contributed by atoms with Crippen molar-refractivity contribution in [2.24, 2.45) is 5.73 Å². The fraction of sp³-hybridized carbons (Fsp3) is 0.538. The average Bonchev–Trinajstić information content (AvgIpc) is 3.19. The second kappa shape index (κ2) is 5.89. The van der Waals surface area contributed by atoms with Gasteiger partial charge in [-0.2, -0.15) is 0 Å². The number of hydrogen-bond acceptors (Lipinski definition) is 5. The molecule has 0 heterocycles. The Balaban J connectivity index is 2.23. The maximum Gasteiger partial charge on any atom is 0.240 e. The molecular formula is C13H21N3O4S2. The van der Waals surface area contributed by atoms with E-state index in [0.717, 1.165) is 18.9 Å². The quantitative estimate of drug-likeness (QED) is 0.648. The molecule has 7 nitrogen and oxygen atoms in total. The lowest BCUT2D eigenvalue weighted by Gasteiger charge is -2.19. The minimum absolute atomic E-state index is 0.0403. The molecule has 0 spiro atoms. The lowest BCUT2D eigenvalue weighted by molar-refractivity contribution is 0.498. The summed E-state index contributed by atoms with van der Waals surface area (Å²) in [6, 6.07) is 5.24. The number of sulfonamides is 2. The minimum Gasteiger partial charge on any atom is -0.324 e. The van der Waals surface area contributed by atoms with Crippen LogP contribution in [0.2, 0.25) is 0 Å². The van der Waals surface area contributed by atoms with Gasteiger partial charge in [-0.05, 0) is 44.9 Å². The molecule has 22 heavy (non-hydrogen) atoms. The first kappa shape index (κ1) is 17.4. The molecule has 124 valence electrons. The first-order valence-electron chi connectivity index (χ1n) is 6.91. The van der Waals surface area contributed by atoms with Gasteiger partial charge in [0.25, 0.3) is 0 Å². The Morgan fingerprint density at radius 3 is 2.18 bits per heavy atom. The molecule has 0 unspecified atom stereocenters. The van der Waals surface area contributed by atoms with Crippen molar-refractivity contribution < 1.29 is 16.8 Å². The Morgan fingerprint density at radius 2 is 1.68 bits per heavy atom. The van der Waals surface area contributed by atoms with Gasteiger partial charge in [-0.25, -0.2) is 26.3 Å². The van der Waals surface area contributed by atoms with E-state index in [1.165, 1.54) is 18.2 Å². The van der Waals surface area contributed by atoms with Gasteiger partial charge in [-0.1, -0.05) is 6.07 Å². The van der Waals surface area contributed by atoms with Crippen LogP contribution in [0.15, 0.2) is 34.1 Å². The van der Waals surface area contributed by atoms with Crippen LogP contribution in [0.4, 0.5) is 0 Å². The zero-order chi connectivity index (χ0) is 16.6. The Hall–Kier alpha value is -1.00. The lowest BCUT2D eigenvalue weighted by Crippen LogP contribution is -2.45. The van der Waals surface area contributed by atoms with Crippen molar-refractivity contribution in [1.82, 2.24) is 9.44 Å². The van der Waals surface area contributed by atoms with Crippen molar-refractivity contribution in [3.05, 3.63) is 24.3 Å². The Kier molecular flexibility index (Phi) is 4.65. The second-order valence-electron chi connectivity index (χ2n) is 6.18. The lowest BCUT2D eigenvalue weighted by atomic mass is 10.1. The van der Waals surface area contributed by atoms with Crippen molar-refractivity contribution in [3.8, 4) is 0 Å². The smallest absolute Gasteiger partial charge is 0.240 e. The van der Waals surface area contributed by atoms with E-state index in [2.05, 4.69) is 9.44 Å². The SMILES string of the molecule is CC(C)(N)CNS(=O)(=O)c1cccc(S(=O)(=O)NC2CC2)c1. The molecule has 1 aromatic rings. The third-order valence-corrected chi connectivity index (χ3v) is 5.96. The van der Waals surface area contributed by atoms with E-state index in [4.69, 9.17) is 5.73 Å². The van der Waals surface area contributed by atoms with Gasteiger partial charge in [-0.15, -0.1) is 0 Å². The van der Waals surface area contributed by atoms with Crippen LogP contribution >= 0.6 is 0 Å². The predicted octanol–water partition coefficient (Wildman–Crippen LogP) is 0.143. The number of benzene rings is 1. The topological polar surface area (TPSA) is 118 Å². The molecule has 4 N–H and O–H groups in total. The van der Waals surface area contributed by atoms with Gasteiger partial charge in [0.2, 0.25) is 20.0 Å². The highest BCUT2D eigenvalue weighted by molar-refractivity contribution is 7.90. The van der Waals surface area contributed by atoms with E-state index in [1.807, 2.05) is 0 Å². The second-order valence-corrected chi connectivity index (χ2v) is 9.66. The molecular weight excluding hydrogens is 326 g/mol. The number of nitrogens with two attached hydrogens (primary N) is 1. The standard InChI is InChI=1S/C13H21N3O4S2/c1-13(2,14)9-15-21(17,18)11-4-3-5-12(8-11)22(19,20)16-10-6-7-10/h3-5,8,10,15-16H,6-7,9,14H2,1-2H3. The number of nitrogens with one attached hydrogen (secondary N) is 2. The van der Waals surface area contributed by atoms with Crippen LogP contribution in [0, 0.1) is 0 Å². The summed E-state index contributed by atoms with van der Waals surface area (Å²) in [6.45, 7) is 3.43. The highest BCUT2D eigenvalue weighted by Crippen LogP contribution is 2.23. The molecule has 2 rings (SSSR count). The van der Waals surface area contributed by atoms with E-state index < -0.39 is 25.6 Å². The molecule has 1 saturated carbocycles. The maximum absolute atomic E-state index is 12.2. The zero-order valence-electron chi connectivity index (χ0n) is 12.5. The summed E-state index contributed by atoms with van der Waals surface area (Å²) >= 11 is 0. The third-order valence-electron chi connectivity index (χ3n) is 3.04. The van der Waals surface area contributed by atoms with E-state index in [-0.39, 0.29) is 22.4 Å². The molecule has 0 atom stereocenters. The largest absolute Gasteiger partial charge is 0.324 e. The van der Waals surface area contributed by atoms with Crippen molar-refractivity contribution in [2.75, 3.05) is 6.54 Å². The first-order chi connectivity index (χ1) is 10.00. The molecule has 1 fully saturated rings. The molecule has 1 aliphatic rings.